The number of hydrogen-bond acceptors (Lipinski definition) is 5. The van der Waals surface area contributed by atoms with E-state index in [-0.39, 0.29) is 11.3 Å². The zero-order chi connectivity index (χ0) is 18.5. The Balaban J connectivity index is 1.61. The van der Waals surface area contributed by atoms with E-state index < -0.39 is 12.5 Å². The highest BCUT2D eigenvalue weighted by molar-refractivity contribution is 7.14. The lowest BCUT2D eigenvalue weighted by molar-refractivity contribution is -0.0501. The molecule has 1 aliphatic rings. The van der Waals surface area contributed by atoms with Crippen molar-refractivity contribution in [3.63, 3.8) is 0 Å². The maximum absolute atomic E-state index is 12.5. The van der Waals surface area contributed by atoms with Crippen molar-refractivity contribution in [1.29, 1.82) is 0 Å². The molecule has 3 rings (SSSR count). The van der Waals surface area contributed by atoms with Crippen molar-refractivity contribution in [1.82, 2.24) is 9.88 Å². The first-order valence-corrected chi connectivity index (χ1v) is 9.41. The largest absolute Gasteiger partial charge is 0.434 e. The summed E-state index contributed by atoms with van der Waals surface area (Å²) in [6.07, 6.45) is 2.38. The van der Waals surface area contributed by atoms with Crippen molar-refractivity contribution < 1.29 is 18.3 Å². The maximum Gasteiger partial charge on any atom is 0.387 e. The minimum absolute atomic E-state index is 0.0505. The molecule has 0 atom stereocenters. The molecule has 0 bridgehead atoms. The van der Waals surface area contributed by atoms with Crippen molar-refractivity contribution in [2.24, 2.45) is 5.92 Å². The number of anilines is 1. The van der Waals surface area contributed by atoms with Crippen LogP contribution in [0.5, 0.6) is 5.75 Å². The van der Waals surface area contributed by atoms with Gasteiger partial charge in [-0.2, -0.15) is 8.78 Å². The van der Waals surface area contributed by atoms with Crippen LogP contribution in [0.1, 0.15) is 35.8 Å². The number of carbonyl (C=O) groups is 1. The standard InChI is InChI=1S/C18H21F2N3O2S/c1-12-6-8-23(9-7-12)10-13-11-26-18(21-13)22-16(24)14-4-2-3-5-15(14)25-17(19)20/h2-5,11-12,17H,6-10H2,1H3,(H,21,22,24). The van der Waals surface area contributed by atoms with Gasteiger partial charge in [-0.05, 0) is 44.0 Å². The van der Waals surface area contributed by atoms with E-state index in [1.165, 1.54) is 42.4 Å². The van der Waals surface area contributed by atoms with E-state index in [2.05, 4.69) is 26.9 Å². The fourth-order valence-corrected chi connectivity index (χ4v) is 3.60. The van der Waals surface area contributed by atoms with Gasteiger partial charge in [-0.3, -0.25) is 15.0 Å². The molecule has 2 heterocycles. The van der Waals surface area contributed by atoms with Crippen LogP contribution in [0.4, 0.5) is 13.9 Å². The van der Waals surface area contributed by atoms with Gasteiger partial charge in [0.1, 0.15) is 5.75 Å². The number of amides is 1. The van der Waals surface area contributed by atoms with E-state index in [1.807, 2.05) is 5.38 Å². The molecule has 0 spiro atoms. The van der Waals surface area contributed by atoms with Crippen LogP contribution in [0.15, 0.2) is 29.6 Å². The molecule has 0 unspecified atom stereocenters. The van der Waals surface area contributed by atoms with E-state index in [0.29, 0.717) is 5.13 Å². The van der Waals surface area contributed by atoms with Crippen molar-refractivity contribution in [3.8, 4) is 5.75 Å². The maximum atomic E-state index is 12.5. The molecular formula is C18H21F2N3O2S. The van der Waals surface area contributed by atoms with Crippen LogP contribution in [-0.2, 0) is 6.54 Å². The summed E-state index contributed by atoms with van der Waals surface area (Å²) in [7, 11) is 0. The highest BCUT2D eigenvalue weighted by Gasteiger charge is 2.19. The lowest BCUT2D eigenvalue weighted by Crippen LogP contribution is -2.32. The third-order valence-electron chi connectivity index (χ3n) is 4.38. The lowest BCUT2D eigenvalue weighted by atomic mass is 9.99. The molecule has 0 aliphatic carbocycles. The van der Waals surface area contributed by atoms with Gasteiger partial charge in [0.15, 0.2) is 5.13 Å². The molecule has 1 N–H and O–H groups in total. The molecule has 1 fully saturated rings. The van der Waals surface area contributed by atoms with E-state index in [4.69, 9.17) is 0 Å². The first-order valence-electron chi connectivity index (χ1n) is 8.53. The molecule has 1 aromatic heterocycles. The monoisotopic (exact) mass is 381 g/mol. The molecule has 0 saturated carbocycles. The van der Waals surface area contributed by atoms with E-state index >= 15 is 0 Å². The summed E-state index contributed by atoms with van der Waals surface area (Å²) in [5, 5.41) is 5.02. The predicted molar refractivity (Wildman–Crippen MR) is 96.8 cm³/mol. The topological polar surface area (TPSA) is 54.5 Å². The van der Waals surface area contributed by atoms with Gasteiger partial charge in [-0.15, -0.1) is 11.3 Å². The van der Waals surface area contributed by atoms with Crippen LogP contribution in [0.25, 0.3) is 0 Å². The Morgan fingerprint density at radius 2 is 2.12 bits per heavy atom. The molecule has 1 aromatic carbocycles. The zero-order valence-electron chi connectivity index (χ0n) is 14.5. The first kappa shape index (κ1) is 18.7. The van der Waals surface area contributed by atoms with Crippen LogP contribution in [0, 0.1) is 5.92 Å². The average Bonchev–Trinajstić information content (AvgIpc) is 3.04. The fraction of sp³-hybridized carbons (Fsp3) is 0.444. The summed E-state index contributed by atoms with van der Waals surface area (Å²) < 4.78 is 29.3. The van der Waals surface area contributed by atoms with Gasteiger partial charge in [0.05, 0.1) is 11.3 Å². The summed E-state index contributed by atoms with van der Waals surface area (Å²) in [4.78, 5) is 19.2. The normalized spacial score (nSPS) is 16.0. The Morgan fingerprint density at radius 1 is 1.38 bits per heavy atom. The highest BCUT2D eigenvalue weighted by atomic mass is 32.1. The van der Waals surface area contributed by atoms with Gasteiger partial charge in [0, 0.05) is 11.9 Å². The Hall–Kier alpha value is -2.06. The van der Waals surface area contributed by atoms with Crippen LogP contribution in [-0.4, -0.2) is 35.5 Å². The van der Waals surface area contributed by atoms with Crippen LogP contribution >= 0.6 is 11.3 Å². The molecule has 5 nitrogen and oxygen atoms in total. The number of benzene rings is 1. The SMILES string of the molecule is CC1CCN(Cc2csc(NC(=O)c3ccccc3OC(F)F)n2)CC1. The molecule has 1 amide bonds. The third kappa shape index (κ3) is 4.98. The van der Waals surface area contributed by atoms with Crippen molar-refractivity contribution in [2.45, 2.75) is 32.9 Å². The number of likely N-dealkylation sites (tertiary alicyclic amines) is 1. The summed E-state index contributed by atoms with van der Waals surface area (Å²) in [6.45, 7) is 2.15. The molecule has 8 heteroatoms. The number of halogens is 2. The predicted octanol–water partition coefficient (Wildman–Crippen LogP) is 4.23. The van der Waals surface area contributed by atoms with E-state index in [0.717, 1.165) is 31.2 Å². The third-order valence-corrected chi connectivity index (χ3v) is 5.19. The summed E-state index contributed by atoms with van der Waals surface area (Å²) in [6, 6.07) is 5.91. The van der Waals surface area contributed by atoms with E-state index in [9.17, 15) is 13.6 Å². The second-order valence-corrected chi connectivity index (χ2v) is 7.29. The number of carbonyl (C=O) groups excluding carboxylic acids is 1. The number of para-hydroxylation sites is 1. The van der Waals surface area contributed by atoms with Crippen LogP contribution < -0.4 is 10.1 Å². The van der Waals surface area contributed by atoms with Gasteiger partial charge in [0.25, 0.3) is 5.91 Å². The molecular weight excluding hydrogens is 360 g/mol. The number of ether oxygens (including phenoxy) is 1. The van der Waals surface area contributed by atoms with Gasteiger partial charge < -0.3 is 4.74 Å². The molecule has 1 saturated heterocycles. The number of alkyl halides is 2. The number of thiazole rings is 1. The number of hydrogen-bond donors (Lipinski definition) is 1. The summed E-state index contributed by atoms with van der Waals surface area (Å²) >= 11 is 1.32. The van der Waals surface area contributed by atoms with Crippen LogP contribution in [0.2, 0.25) is 0 Å². The molecule has 2 aromatic rings. The number of rotatable bonds is 6. The number of nitrogens with zero attached hydrogens (tertiary/aromatic N) is 2. The van der Waals surface area contributed by atoms with Crippen LogP contribution in [0.3, 0.4) is 0 Å². The molecule has 140 valence electrons. The molecule has 0 radical (unpaired) electrons. The van der Waals surface area contributed by atoms with Crippen molar-refractivity contribution >= 4 is 22.4 Å². The van der Waals surface area contributed by atoms with Gasteiger partial charge in [0.2, 0.25) is 0 Å². The fourth-order valence-electron chi connectivity index (χ4n) is 2.90. The average molecular weight is 381 g/mol. The number of nitrogens with one attached hydrogen (secondary N) is 1. The Labute approximate surface area is 155 Å². The summed E-state index contributed by atoms with van der Waals surface area (Å²) in [5.74, 6) is 0.0974. The van der Waals surface area contributed by atoms with E-state index in [1.54, 1.807) is 6.07 Å². The second-order valence-electron chi connectivity index (χ2n) is 6.43. The Morgan fingerprint density at radius 3 is 2.85 bits per heavy atom. The molecule has 26 heavy (non-hydrogen) atoms. The smallest absolute Gasteiger partial charge is 0.387 e. The van der Waals surface area contributed by atoms with Gasteiger partial charge in [-0.25, -0.2) is 4.98 Å². The highest BCUT2D eigenvalue weighted by Crippen LogP contribution is 2.24. The van der Waals surface area contributed by atoms with Gasteiger partial charge >= 0.3 is 6.61 Å². The Kier molecular flexibility index (Phi) is 6.16. The minimum atomic E-state index is -2.98. The quantitative estimate of drug-likeness (QED) is 0.814. The first-order chi connectivity index (χ1) is 12.5. The summed E-state index contributed by atoms with van der Waals surface area (Å²) in [5.41, 5.74) is 0.950. The zero-order valence-corrected chi connectivity index (χ0v) is 15.3. The number of aromatic nitrogens is 1. The number of piperidine rings is 1. The Bertz CT molecular complexity index is 746. The second kappa shape index (κ2) is 8.55. The van der Waals surface area contributed by atoms with Gasteiger partial charge in [-0.1, -0.05) is 19.1 Å². The minimum Gasteiger partial charge on any atom is -0.434 e. The lowest BCUT2D eigenvalue weighted by Gasteiger charge is -2.29. The molecule has 1 aliphatic heterocycles. The van der Waals surface area contributed by atoms with Crippen molar-refractivity contribution in [2.75, 3.05) is 18.4 Å². The van der Waals surface area contributed by atoms with Crippen molar-refractivity contribution in [3.05, 3.63) is 40.9 Å².